The summed E-state index contributed by atoms with van der Waals surface area (Å²) in [5.41, 5.74) is 6.72. The van der Waals surface area contributed by atoms with Gasteiger partial charge in [0.2, 0.25) is 0 Å². The Kier molecular flexibility index (Phi) is 4.70. The van der Waals surface area contributed by atoms with Crippen LogP contribution in [0.4, 0.5) is 0 Å². The van der Waals surface area contributed by atoms with E-state index in [1.165, 1.54) is 18.2 Å². The first kappa shape index (κ1) is 15.3. The van der Waals surface area contributed by atoms with Gasteiger partial charge in [0.1, 0.15) is 0 Å². The predicted octanol–water partition coefficient (Wildman–Crippen LogP) is 3.47. The van der Waals surface area contributed by atoms with Gasteiger partial charge in [-0.3, -0.25) is 0 Å². The Morgan fingerprint density at radius 3 is 2.25 bits per heavy atom. The molecule has 2 N–H and O–H groups in total. The summed E-state index contributed by atoms with van der Waals surface area (Å²) in [6.07, 6.45) is 0. The molecule has 0 aliphatic carbocycles. The van der Waals surface area contributed by atoms with Crippen LogP contribution in [-0.2, 0) is 9.84 Å². The van der Waals surface area contributed by atoms with Crippen LogP contribution in [-0.4, -0.2) is 14.2 Å². The minimum Gasteiger partial charge on any atom is -0.323 e. The van der Waals surface area contributed by atoms with Crippen molar-refractivity contribution < 1.29 is 8.42 Å². The van der Waals surface area contributed by atoms with Gasteiger partial charge in [-0.25, -0.2) is 8.42 Å². The number of rotatable bonds is 4. The lowest BCUT2D eigenvalue weighted by atomic mass is 10.1. The molecule has 3 nitrogen and oxygen atoms in total. The van der Waals surface area contributed by atoms with Gasteiger partial charge in [-0.1, -0.05) is 53.5 Å². The highest BCUT2D eigenvalue weighted by atomic mass is 35.5. The molecule has 0 saturated heterocycles. The van der Waals surface area contributed by atoms with Crippen LogP contribution in [0.2, 0.25) is 10.0 Å². The van der Waals surface area contributed by atoms with Crippen LogP contribution in [0.5, 0.6) is 0 Å². The Bertz CT molecular complexity index is 702. The Balaban J connectivity index is 2.25. The second-order valence-corrected chi connectivity index (χ2v) is 7.22. The van der Waals surface area contributed by atoms with Gasteiger partial charge in [0, 0.05) is 6.04 Å². The normalized spacial score (nSPS) is 13.2. The van der Waals surface area contributed by atoms with Crippen LogP contribution in [0, 0.1) is 0 Å². The molecule has 0 spiro atoms. The molecule has 2 aromatic carbocycles. The zero-order chi connectivity index (χ0) is 14.8. The largest absolute Gasteiger partial charge is 0.323 e. The van der Waals surface area contributed by atoms with Crippen molar-refractivity contribution in [2.45, 2.75) is 10.9 Å². The van der Waals surface area contributed by atoms with Crippen molar-refractivity contribution in [2.24, 2.45) is 5.73 Å². The van der Waals surface area contributed by atoms with E-state index >= 15 is 0 Å². The van der Waals surface area contributed by atoms with Gasteiger partial charge >= 0.3 is 0 Å². The average Bonchev–Trinajstić information content (AvgIpc) is 2.42. The third kappa shape index (κ3) is 3.52. The third-order valence-corrected chi connectivity index (χ3v) is 5.39. The Labute approximate surface area is 128 Å². The number of hydrogen-bond donors (Lipinski definition) is 1. The molecule has 106 valence electrons. The maximum absolute atomic E-state index is 12.3. The molecule has 0 amide bonds. The quantitative estimate of drug-likeness (QED) is 0.934. The van der Waals surface area contributed by atoms with Gasteiger partial charge in [-0.05, 0) is 23.8 Å². The molecule has 20 heavy (non-hydrogen) atoms. The molecule has 0 heterocycles. The first-order valence-corrected chi connectivity index (χ1v) is 8.29. The topological polar surface area (TPSA) is 60.2 Å². The van der Waals surface area contributed by atoms with Gasteiger partial charge in [-0.2, -0.15) is 0 Å². The standard InChI is InChI=1S/C14H13Cl2NO2S/c15-12-7-6-11(8-13(12)16)20(18,19)9-14(17)10-4-2-1-3-5-10/h1-8,14H,9,17H2. The van der Waals surface area contributed by atoms with E-state index in [1.807, 2.05) is 18.2 Å². The van der Waals surface area contributed by atoms with Gasteiger partial charge in [0.05, 0.1) is 20.7 Å². The number of halogens is 2. The second kappa shape index (κ2) is 6.14. The monoisotopic (exact) mass is 329 g/mol. The fraction of sp³-hybridized carbons (Fsp3) is 0.143. The lowest BCUT2D eigenvalue weighted by Gasteiger charge is -2.13. The van der Waals surface area contributed by atoms with Crippen molar-refractivity contribution in [1.29, 1.82) is 0 Å². The number of hydrogen-bond acceptors (Lipinski definition) is 3. The molecule has 0 aliphatic rings. The molecule has 0 fully saturated rings. The second-order valence-electron chi connectivity index (χ2n) is 4.37. The van der Waals surface area contributed by atoms with Crippen molar-refractivity contribution in [3.05, 3.63) is 64.1 Å². The summed E-state index contributed by atoms with van der Waals surface area (Å²) in [7, 11) is -3.52. The van der Waals surface area contributed by atoms with E-state index in [0.717, 1.165) is 5.56 Å². The van der Waals surface area contributed by atoms with E-state index in [-0.39, 0.29) is 15.7 Å². The number of benzene rings is 2. The first-order chi connectivity index (χ1) is 9.40. The zero-order valence-corrected chi connectivity index (χ0v) is 12.8. The van der Waals surface area contributed by atoms with Crippen molar-refractivity contribution in [3.63, 3.8) is 0 Å². The van der Waals surface area contributed by atoms with Crippen molar-refractivity contribution in [2.75, 3.05) is 5.75 Å². The minimum absolute atomic E-state index is 0.123. The molecule has 0 radical (unpaired) electrons. The number of sulfone groups is 1. The summed E-state index contributed by atoms with van der Waals surface area (Å²) in [5, 5.41) is 0.527. The highest BCUT2D eigenvalue weighted by Gasteiger charge is 2.20. The van der Waals surface area contributed by atoms with Crippen molar-refractivity contribution >= 4 is 33.0 Å². The molecular weight excluding hydrogens is 317 g/mol. The van der Waals surface area contributed by atoms with Crippen LogP contribution < -0.4 is 5.73 Å². The molecule has 2 rings (SSSR count). The summed E-state index contributed by atoms with van der Waals surface area (Å²) in [5.74, 6) is -0.186. The third-order valence-electron chi connectivity index (χ3n) is 2.88. The first-order valence-electron chi connectivity index (χ1n) is 5.88. The molecule has 1 atom stereocenters. The predicted molar refractivity (Wildman–Crippen MR) is 81.9 cm³/mol. The van der Waals surface area contributed by atoms with E-state index < -0.39 is 15.9 Å². The number of nitrogens with two attached hydrogens (primary N) is 1. The van der Waals surface area contributed by atoms with E-state index in [0.29, 0.717) is 5.02 Å². The molecule has 6 heteroatoms. The molecule has 0 saturated carbocycles. The van der Waals surface area contributed by atoms with Gasteiger partial charge < -0.3 is 5.73 Å². The molecule has 2 aromatic rings. The average molecular weight is 330 g/mol. The smallest absolute Gasteiger partial charge is 0.180 e. The SMILES string of the molecule is NC(CS(=O)(=O)c1ccc(Cl)c(Cl)c1)c1ccccc1. The van der Waals surface area contributed by atoms with Gasteiger partial charge in [0.25, 0.3) is 0 Å². The Morgan fingerprint density at radius 1 is 1.00 bits per heavy atom. The van der Waals surface area contributed by atoms with Crippen molar-refractivity contribution in [3.8, 4) is 0 Å². The highest BCUT2D eigenvalue weighted by Crippen LogP contribution is 2.26. The van der Waals surface area contributed by atoms with Crippen LogP contribution in [0.1, 0.15) is 11.6 Å². The molecule has 0 bridgehead atoms. The van der Waals surface area contributed by atoms with Crippen LogP contribution in [0.25, 0.3) is 0 Å². The van der Waals surface area contributed by atoms with Crippen LogP contribution in [0.3, 0.4) is 0 Å². The van der Waals surface area contributed by atoms with E-state index in [9.17, 15) is 8.42 Å². The lowest BCUT2D eigenvalue weighted by Crippen LogP contribution is -2.21. The van der Waals surface area contributed by atoms with Crippen molar-refractivity contribution in [1.82, 2.24) is 0 Å². The lowest BCUT2D eigenvalue weighted by molar-refractivity contribution is 0.589. The van der Waals surface area contributed by atoms with Crippen LogP contribution >= 0.6 is 23.2 Å². The van der Waals surface area contributed by atoms with Gasteiger partial charge in [0.15, 0.2) is 9.84 Å². The molecule has 0 aromatic heterocycles. The summed E-state index contributed by atoms with van der Waals surface area (Å²) in [4.78, 5) is 0.123. The summed E-state index contributed by atoms with van der Waals surface area (Å²) in [6.45, 7) is 0. The molecule has 0 aliphatic heterocycles. The van der Waals surface area contributed by atoms with E-state index in [1.54, 1.807) is 12.1 Å². The maximum atomic E-state index is 12.3. The fourth-order valence-corrected chi connectivity index (χ4v) is 3.59. The van der Waals surface area contributed by atoms with E-state index in [2.05, 4.69) is 0 Å². The molecule has 1 unspecified atom stereocenters. The fourth-order valence-electron chi connectivity index (χ4n) is 1.80. The highest BCUT2D eigenvalue weighted by molar-refractivity contribution is 7.91. The minimum atomic E-state index is -3.52. The Morgan fingerprint density at radius 2 is 1.65 bits per heavy atom. The summed E-state index contributed by atoms with van der Waals surface area (Å²) >= 11 is 11.6. The summed E-state index contributed by atoms with van der Waals surface area (Å²) in [6, 6.07) is 12.7. The maximum Gasteiger partial charge on any atom is 0.180 e. The van der Waals surface area contributed by atoms with Crippen LogP contribution in [0.15, 0.2) is 53.4 Å². The summed E-state index contributed by atoms with van der Waals surface area (Å²) < 4.78 is 24.6. The van der Waals surface area contributed by atoms with Gasteiger partial charge in [-0.15, -0.1) is 0 Å². The molecular formula is C14H13Cl2NO2S. The van der Waals surface area contributed by atoms with E-state index in [4.69, 9.17) is 28.9 Å². The Hall–Kier alpha value is -1.07. The zero-order valence-electron chi connectivity index (χ0n) is 10.5.